The zero-order chi connectivity index (χ0) is 21.4. The Labute approximate surface area is 183 Å². The van der Waals surface area contributed by atoms with Gasteiger partial charge in [0.1, 0.15) is 0 Å². The summed E-state index contributed by atoms with van der Waals surface area (Å²) < 4.78 is 4.57. The van der Waals surface area contributed by atoms with E-state index in [1.165, 1.54) is 43.4 Å². The number of nitrogens with zero attached hydrogens (tertiary/aromatic N) is 4. The zero-order valence-electron chi connectivity index (χ0n) is 18.5. The van der Waals surface area contributed by atoms with Crippen molar-refractivity contribution < 1.29 is 0 Å². The molecule has 4 aromatic rings. The molecule has 0 aliphatic heterocycles. The third-order valence-corrected chi connectivity index (χ3v) is 6.41. The highest BCUT2D eigenvalue weighted by atomic mass is 15.2. The van der Waals surface area contributed by atoms with Gasteiger partial charge in [-0.2, -0.15) is 0 Å². The minimum absolute atomic E-state index is 0.496. The molecule has 2 N–H and O–H groups in total. The minimum Gasteiger partial charge on any atom is -0.369 e. The SMILES string of the molecule is CC(C)Cn1c(N)nc2ccc(-c3c(-c4ccccc4)ncn3C3CCCCC3)cc21. The van der Waals surface area contributed by atoms with Crippen LogP contribution in [0.5, 0.6) is 0 Å². The summed E-state index contributed by atoms with van der Waals surface area (Å²) in [6.07, 6.45) is 8.42. The summed E-state index contributed by atoms with van der Waals surface area (Å²) in [6.45, 7) is 5.28. The number of rotatable bonds is 5. The molecule has 0 saturated heterocycles. The molecule has 0 unspecified atom stereocenters. The highest BCUT2D eigenvalue weighted by Crippen LogP contribution is 2.38. The summed E-state index contributed by atoms with van der Waals surface area (Å²) >= 11 is 0. The molecule has 5 nitrogen and oxygen atoms in total. The molecule has 160 valence electrons. The quantitative estimate of drug-likeness (QED) is 0.417. The predicted molar refractivity (Wildman–Crippen MR) is 128 cm³/mol. The Morgan fingerprint density at radius 3 is 2.52 bits per heavy atom. The Balaban J connectivity index is 1.69. The van der Waals surface area contributed by atoms with Crippen molar-refractivity contribution in [2.24, 2.45) is 5.92 Å². The molecule has 0 atom stereocenters. The van der Waals surface area contributed by atoms with Gasteiger partial charge >= 0.3 is 0 Å². The van der Waals surface area contributed by atoms with Crippen molar-refractivity contribution in [3.8, 4) is 22.5 Å². The summed E-state index contributed by atoms with van der Waals surface area (Å²) in [4.78, 5) is 9.51. The van der Waals surface area contributed by atoms with Crippen LogP contribution in [-0.4, -0.2) is 19.1 Å². The fourth-order valence-electron chi connectivity index (χ4n) is 4.94. The topological polar surface area (TPSA) is 61.7 Å². The van der Waals surface area contributed by atoms with Gasteiger partial charge in [-0.15, -0.1) is 0 Å². The molecule has 0 radical (unpaired) electrons. The molecule has 1 fully saturated rings. The minimum atomic E-state index is 0.496. The van der Waals surface area contributed by atoms with Gasteiger partial charge in [0.2, 0.25) is 5.95 Å². The van der Waals surface area contributed by atoms with E-state index in [1.807, 2.05) is 0 Å². The smallest absolute Gasteiger partial charge is 0.201 e. The number of benzene rings is 2. The maximum absolute atomic E-state index is 6.27. The molecule has 1 aliphatic carbocycles. The van der Waals surface area contributed by atoms with Crippen LogP contribution in [-0.2, 0) is 6.54 Å². The summed E-state index contributed by atoms with van der Waals surface area (Å²) in [7, 11) is 0. The second-order valence-electron chi connectivity index (χ2n) is 9.18. The monoisotopic (exact) mass is 413 g/mol. The van der Waals surface area contributed by atoms with Crippen molar-refractivity contribution in [1.29, 1.82) is 0 Å². The predicted octanol–water partition coefficient (Wildman–Crippen LogP) is 6.31. The third kappa shape index (κ3) is 3.73. The van der Waals surface area contributed by atoms with Crippen molar-refractivity contribution in [2.45, 2.75) is 58.5 Å². The molecule has 1 aliphatic rings. The fraction of sp³-hybridized carbons (Fsp3) is 0.385. The van der Waals surface area contributed by atoms with E-state index in [0.717, 1.165) is 28.8 Å². The first-order chi connectivity index (χ1) is 15.1. The lowest BCUT2D eigenvalue weighted by Gasteiger charge is -2.25. The van der Waals surface area contributed by atoms with E-state index in [9.17, 15) is 0 Å². The Morgan fingerprint density at radius 2 is 1.77 bits per heavy atom. The summed E-state index contributed by atoms with van der Waals surface area (Å²) in [5.74, 6) is 1.08. The molecule has 5 rings (SSSR count). The first-order valence-corrected chi connectivity index (χ1v) is 11.5. The summed E-state index contributed by atoms with van der Waals surface area (Å²) in [5.41, 5.74) is 12.9. The van der Waals surface area contributed by atoms with E-state index in [0.29, 0.717) is 17.9 Å². The van der Waals surface area contributed by atoms with Gasteiger partial charge in [-0.05, 0) is 30.9 Å². The van der Waals surface area contributed by atoms with Crippen molar-refractivity contribution in [1.82, 2.24) is 19.1 Å². The Morgan fingerprint density at radius 1 is 1.00 bits per heavy atom. The van der Waals surface area contributed by atoms with E-state index >= 15 is 0 Å². The lowest BCUT2D eigenvalue weighted by molar-refractivity contribution is 0.355. The van der Waals surface area contributed by atoms with E-state index in [-0.39, 0.29) is 0 Å². The van der Waals surface area contributed by atoms with Crippen LogP contribution >= 0.6 is 0 Å². The number of nitrogens with two attached hydrogens (primary N) is 1. The average Bonchev–Trinajstić information content (AvgIpc) is 3.36. The van der Waals surface area contributed by atoms with Crippen LogP contribution in [0.2, 0.25) is 0 Å². The zero-order valence-corrected chi connectivity index (χ0v) is 18.5. The van der Waals surface area contributed by atoms with Gasteiger partial charge in [0.25, 0.3) is 0 Å². The highest BCUT2D eigenvalue weighted by molar-refractivity contribution is 5.87. The first-order valence-electron chi connectivity index (χ1n) is 11.5. The normalized spacial score (nSPS) is 15.2. The Bertz CT molecular complexity index is 1180. The maximum atomic E-state index is 6.27. The van der Waals surface area contributed by atoms with E-state index in [2.05, 4.69) is 82.8 Å². The number of imidazole rings is 2. The van der Waals surface area contributed by atoms with Gasteiger partial charge in [-0.3, -0.25) is 0 Å². The number of hydrogen-bond acceptors (Lipinski definition) is 3. The van der Waals surface area contributed by atoms with E-state index < -0.39 is 0 Å². The van der Waals surface area contributed by atoms with Crippen LogP contribution in [0.25, 0.3) is 33.5 Å². The van der Waals surface area contributed by atoms with Gasteiger partial charge in [0.05, 0.1) is 28.7 Å². The number of nitrogen functional groups attached to an aromatic ring is 1. The summed E-state index contributed by atoms with van der Waals surface area (Å²) in [5, 5.41) is 0. The summed E-state index contributed by atoms with van der Waals surface area (Å²) in [6, 6.07) is 17.6. The second-order valence-corrected chi connectivity index (χ2v) is 9.18. The lowest BCUT2D eigenvalue weighted by atomic mass is 9.94. The largest absolute Gasteiger partial charge is 0.369 e. The number of hydrogen-bond donors (Lipinski definition) is 1. The van der Waals surface area contributed by atoms with Crippen LogP contribution in [0.1, 0.15) is 52.0 Å². The molecule has 2 aromatic heterocycles. The number of anilines is 1. The van der Waals surface area contributed by atoms with Crippen molar-refractivity contribution in [2.75, 3.05) is 5.73 Å². The molecule has 0 amide bonds. The Kier molecular flexibility index (Phi) is 5.26. The molecular formula is C26H31N5. The van der Waals surface area contributed by atoms with E-state index in [1.54, 1.807) is 0 Å². The number of fused-ring (bicyclic) bond motifs is 1. The second kappa shape index (κ2) is 8.22. The standard InChI is InChI=1S/C26H31N5/c1-18(2)16-30-23-15-20(13-14-22(23)29-26(30)27)25-24(19-9-5-3-6-10-19)28-17-31(25)21-11-7-4-8-12-21/h3,5-6,9-10,13-15,17-18,21H,4,7-8,11-12,16H2,1-2H3,(H2,27,29). The first kappa shape index (κ1) is 19.9. The fourth-order valence-corrected chi connectivity index (χ4v) is 4.94. The van der Waals surface area contributed by atoms with Crippen LogP contribution in [0, 0.1) is 5.92 Å². The van der Waals surface area contributed by atoms with E-state index in [4.69, 9.17) is 10.7 Å². The molecule has 5 heteroatoms. The molecule has 0 bridgehead atoms. The Hall–Kier alpha value is -3.08. The van der Waals surface area contributed by atoms with Crippen molar-refractivity contribution in [3.63, 3.8) is 0 Å². The average molecular weight is 414 g/mol. The van der Waals surface area contributed by atoms with Gasteiger partial charge in [0.15, 0.2) is 0 Å². The van der Waals surface area contributed by atoms with Crippen LogP contribution < -0.4 is 5.73 Å². The molecule has 0 spiro atoms. The maximum Gasteiger partial charge on any atom is 0.201 e. The highest BCUT2D eigenvalue weighted by Gasteiger charge is 2.23. The lowest BCUT2D eigenvalue weighted by Crippen LogP contribution is -2.13. The van der Waals surface area contributed by atoms with Gasteiger partial charge < -0.3 is 14.9 Å². The molecular weight excluding hydrogens is 382 g/mol. The number of aromatic nitrogens is 4. The van der Waals surface area contributed by atoms with Gasteiger partial charge in [-0.25, -0.2) is 9.97 Å². The molecule has 2 heterocycles. The molecule has 1 saturated carbocycles. The van der Waals surface area contributed by atoms with Gasteiger partial charge in [-0.1, -0.05) is 69.5 Å². The van der Waals surface area contributed by atoms with Gasteiger partial charge in [0, 0.05) is 23.7 Å². The van der Waals surface area contributed by atoms with Crippen molar-refractivity contribution >= 4 is 17.0 Å². The van der Waals surface area contributed by atoms with Crippen molar-refractivity contribution in [3.05, 3.63) is 54.9 Å². The molecule has 2 aromatic carbocycles. The van der Waals surface area contributed by atoms with Crippen LogP contribution in [0.15, 0.2) is 54.9 Å². The van der Waals surface area contributed by atoms with Crippen LogP contribution in [0.4, 0.5) is 5.95 Å². The molecule has 31 heavy (non-hydrogen) atoms. The third-order valence-electron chi connectivity index (χ3n) is 6.41. The van der Waals surface area contributed by atoms with Crippen LogP contribution in [0.3, 0.4) is 0 Å².